The van der Waals surface area contributed by atoms with E-state index in [9.17, 15) is 4.79 Å². The van der Waals surface area contributed by atoms with Gasteiger partial charge in [-0.3, -0.25) is 4.79 Å². The third kappa shape index (κ3) is 4.10. The van der Waals surface area contributed by atoms with Gasteiger partial charge in [0.15, 0.2) is 5.82 Å². The number of carbonyl (C=O) groups excluding carboxylic acids is 1. The molecule has 1 aromatic carbocycles. The Morgan fingerprint density at radius 1 is 1.42 bits per heavy atom. The van der Waals surface area contributed by atoms with Crippen molar-refractivity contribution in [3.63, 3.8) is 0 Å². The van der Waals surface area contributed by atoms with E-state index in [1.165, 1.54) is 0 Å². The number of hydrogen-bond acceptors (Lipinski definition) is 5. The van der Waals surface area contributed by atoms with Crippen LogP contribution in [0.1, 0.15) is 29.5 Å². The summed E-state index contributed by atoms with van der Waals surface area (Å²) in [5.74, 6) is 0.654. The minimum absolute atomic E-state index is 0.0837. The molecule has 2 rings (SSSR count). The Morgan fingerprint density at radius 2 is 2.16 bits per heavy atom. The minimum atomic E-state index is -0.147. The lowest BCUT2D eigenvalue weighted by Crippen LogP contribution is -2.24. The largest absolute Gasteiger partial charge is 0.352 e. The molecule has 1 atom stereocenters. The van der Waals surface area contributed by atoms with E-state index in [0.29, 0.717) is 18.3 Å². The summed E-state index contributed by atoms with van der Waals surface area (Å²) < 4.78 is 4.98. The van der Waals surface area contributed by atoms with Crippen molar-refractivity contribution in [2.45, 2.75) is 25.1 Å². The van der Waals surface area contributed by atoms with Crippen LogP contribution in [0.4, 0.5) is 0 Å². The van der Waals surface area contributed by atoms with Gasteiger partial charge in [-0.2, -0.15) is 17.6 Å². The molecule has 0 aliphatic heterocycles. The van der Waals surface area contributed by atoms with Gasteiger partial charge in [0.25, 0.3) is 0 Å². The summed E-state index contributed by atoms with van der Waals surface area (Å²) in [6.07, 6.45) is 0.0837. The topological polar surface area (TPSA) is 68.0 Å². The first-order chi connectivity index (χ1) is 9.15. The summed E-state index contributed by atoms with van der Waals surface area (Å²) in [4.78, 5) is 15.8. The van der Waals surface area contributed by atoms with E-state index >= 15 is 0 Å². The lowest BCUT2D eigenvalue weighted by molar-refractivity contribution is -0.120. The van der Waals surface area contributed by atoms with Crippen LogP contribution in [-0.2, 0) is 17.8 Å². The van der Waals surface area contributed by atoms with Crippen molar-refractivity contribution in [1.82, 2.24) is 15.5 Å². The van der Waals surface area contributed by atoms with Gasteiger partial charge in [-0.15, -0.1) is 0 Å². The fourth-order valence-corrected chi connectivity index (χ4v) is 1.61. The van der Waals surface area contributed by atoms with Crippen LogP contribution in [0.3, 0.4) is 0 Å². The maximum Gasteiger partial charge on any atom is 0.236 e. The summed E-state index contributed by atoms with van der Waals surface area (Å²) in [6, 6.07) is 9.70. The van der Waals surface area contributed by atoms with Gasteiger partial charge in [0, 0.05) is 6.54 Å². The van der Waals surface area contributed by atoms with Crippen molar-refractivity contribution < 1.29 is 9.32 Å². The number of rotatable bonds is 5. The zero-order chi connectivity index (χ0) is 13.7. The molecule has 0 radical (unpaired) electrons. The molecular formula is C13H15N3O2S. The van der Waals surface area contributed by atoms with Crippen LogP contribution in [-0.4, -0.2) is 16.0 Å². The fourth-order valence-electron chi connectivity index (χ4n) is 1.51. The molecule has 0 spiro atoms. The molecule has 1 unspecified atom stereocenters. The second kappa shape index (κ2) is 6.38. The second-order valence-electron chi connectivity index (χ2n) is 4.16. The summed E-state index contributed by atoms with van der Waals surface area (Å²) in [5, 5.41) is 6.44. The second-order valence-corrected chi connectivity index (χ2v) is 4.94. The third-order valence-corrected chi connectivity index (χ3v) is 2.73. The van der Waals surface area contributed by atoms with E-state index in [1.807, 2.05) is 37.3 Å². The van der Waals surface area contributed by atoms with E-state index < -0.39 is 0 Å². The lowest BCUT2D eigenvalue weighted by Gasteiger charge is -2.03. The minimum Gasteiger partial charge on any atom is -0.352 e. The van der Waals surface area contributed by atoms with Gasteiger partial charge in [0.1, 0.15) is 6.42 Å². The van der Waals surface area contributed by atoms with Gasteiger partial charge in [-0.1, -0.05) is 35.5 Å². The Hall–Kier alpha value is -1.82. The molecule has 19 heavy (non-hydrogen) atoms. The van der Waals surface area contributed by atoms with Crippen LogP contribution in [0.2, 0.25) is 0 Å². The lowest BCUT2D eigenvalue weighted by atomic mass is 10.2. The number of aromatic nitrogens is 2. The molecule has 1 aromatic heterocycles. The van der Waals surface area contributed by atoms with Crippen molar-refractivity contribution in [1.29, 1.82) is 0 Å². The smallest absolute Gasteiger partial charge is 0.236 e. The van der Waals surface area contributed by atoms with Crippen LogP contribution in [0.5, 0.6) is 0 Å². The van der Waals surface area contributed by atoms with Crippen molar-refractivity contribution in [2.75, 3.05) is 0 Å². The molecule has 0 bridgehead atoms. The third-order valence-electron chi connectivity index (χ3n) is 2.50. The van der Waals surface area contributed by atoms with Gasteiger partial charge in [-0.25, -0.2) is 0 Å². The average molecular weight is 277 g/mol. The number of thiol groups is 1. The Kier molecular flexibility index (Phi) is 4.57. The van der Waals surface area contributed by atoms with E-state index in [4.69, 9.17) is 4.52 Å². The van der Waals surface area contributed by atoms with Crippen LogP contribution >= 0.6 is 12.6 Å². The maximum atomic E-state index is 11.7. The van der Waals surface area contributed by atoms with E-state index in [1.54, 1.807) is 0 Å². The zero-order valence-electron chi connectivity index (χ0n) is 10.5. The molecule has 2 aromatic rings. The van der Waals surface area contributed by atoms with E-state index in [0.717, 1.165) is 5.56 Å². The van der Waals surface area contributed by atoms with Crippen molar-refractivity contribution in [2.24, 2.45) is 0 Å². The van der Waals surface area contributed by atoms with Gasteiger partial charge < -0.3 is 9.84 Å². The van der Waals surface area contributed by atoms with Crippen LogP contribution < -0.4 is 5.32 Å². The Bertz CT molecular complexity index is 540. The average Bonchev–Trinajstić information content (AvgIpc) is 2.86. The molecule has 0 fully saturated rings. The monoisotopic (exact) mass is 277 g/mol. The molecule has 1 N–H and O–H groups in total. The molecule has 1 heterocycles. The standard InChI is InChI=1S/C13H15N3O2S/c1-9(19)13-15-12(18-16-13)7-11(17)14-8-10-5-3-2-4-6-10/h2-6,9,19H,7-8H2,1H3,(H,14,17). The first-order valence-corrected chi connectivity index (χ1v) is 6.48. The summed E-state index contributed by atoms with van der Waals surface area (Å²) in [6.45, 7) is 2.33. The normalized spacial score (nSPS) is 12.1. The van der Waals surface area contributed by atoms with Gasteiger partial charge in [0.2, 0.25) is 11.8 Å². The predicted molar refractivity (Wildman–Crippen MR) is 73.7 cm³/mol. The molecule has 0 aliphatic rings. The molecular weight excluding hydrogens is 262 g/mol. The van der Waals surface area contributed by atoms with Crippen LogP contribution in [0.15, 0.2) is 34.9 Å². The molecule has 0 saturated heterocycles. The number of nitrogens with one attached hydrogen (secondary N) is 1. The highest BCUT2D eigenvalue weighted by atomic mass is 32.1. The zero-order valence-corrected chi connectivity index (χ0v) is 11.4. The number of hydrogen-bond donors (Lipinski definition) is 2. The Morgan fingerprint density at radius 3 is 2.79 bits per heavy atom. The van der Waals surface area contributed by atoms with Gasteiger partial charge in [-0.05, 0) is 12.5 Å². The SMILES string of the molecule is CC(S)c1noc(CC(=O)NCc2ccccc2)n1. The van der Waals surface area contributed by atoms with Crippen molar-refractivity contribution >= 4 is 18.5 Å². The Labute approximate surface area is 116 Å². The molecule has 6 heteroatoms. The number of benzene rings is 1. The van der Waals surface area contributed by atoms with Crippen molar-refractivity contribution in [3.8, 4) is 0 Å². The molecule has 1 amide bonds. The number of amides is 1. The van der Waals surface area contributed by atoms with Crippen LogP contribution in [0.25, 0.3) is 0 Å². The molecule has 100 valence electrons. The van der Waals surface area contributed by atoms with Crippen LogP contribution in [0, 0.1) is 0 Å². The first-order valence-electron chi connectivity index (χ1n) is 5.96. The molecule has 0 saturated carbocycles. The highest BCUT2D eigenvalue weighted by Crippen LogP contribution is 2.14. The van der Waals surface area contributed by atoms with Crippen molar-refractivity contribution in [3.05, 3.63) is 47.6 Å². The van der Waals surface area contributed by atoms with Gasteiger partial charge in [0.05, 0.1) is 5.25 Å². The summed E-state index contributed by atoms with van der Waals surface area (Å²) in [7, 11) is 0. The summed E-state index contributed by atoms with van der Waals surface area (Å²) >= 11 is 4.20. The first kappa shape index (κ1) is 13.6. The quantitative estimate of drug-likeness (QED) is 0.819. The number of carbonyl (C=O) groups is 1. The summed E-state index contributed by atoms with van der Waals surface area (Å²) in [5.41, 5.74) is 1.05. The van der Waals surface area contributed by atoms with E-state index in [2.05, 4.69) is 28.1 Å². The maximum absolute atomic E-state index is 11.7. The number of nitrogens with zero attached hydrogens (tertiary/aromatic N) is 2. The highest BCUT2D eigenvalue weighted by molar-refractivity contribution is 7.80. The molecule has 5 nitrogen and oxygen atoms in total. The Balaban J connectivity index is 1.84. The fraction of sp³-hybridized carbons (Fsp3) is 0.308. The van der Waals surface area contributed by atoms with E-state index in [-0.39, 0.29) is 17.6 Å². The molecule has 0 aliphatic carbocycles. The predicted octanol–water partition coefficient (Wildman–Crippen LogP) is 1.92. The van der Waals surface area contributed by atoms with Gasteiger partial charge >= 0.3 is 0 Å². The highest BCUT2D eigenvalue weighted by Gasteiger charge is 2.13.